The zero-order chi connectivity index (χ0) is 18.8. The molecule has 0 spiro atoms. The lowest BCUT2D eigenvalue weighted by Gasteiger charge is -2.24. The van der Waals surface area contributed by atoms with Gasteiger partial charge < -0.3 is 14.9 Å². The van der Waals surface area contributed by atoms with E-state index in [2.05, 4.69) is 4.98 Å². The van der Waals surface area contributed by atoms with Gasteiger partial charge in [0.25, 0.3) is 5.91 Å². The van der Waals surface area contributed by atoms with Crippen LogP contribution in [-0.2, 0) is 4.79 Å². The number of carboxylic acid groups (broad SMARTS) is 1. The highest BCUT2D eigenvalue weighted by Crippen LogP contribution is 2.26. The van der Waals surface area contributed by atoms with Gasteiger partial charge in [-0.25, -0.2) is 14.2 Å². The summed E-state index contributed by atoms with van der Waals surface area (Å²) in [5.74, 6) is -2.50. The van der Waals surface area contributed by atoms with Crippen LogP contribution in [0.25, 0.3) is 0 Å². The van der Waals surface area contributed by atoms with E-state index in [0.29, 0.717) is 13.0 Å². The highest BCUT2D eigenvalue weighted by atomic mass is 19.1. The summed E-state index contributed by atoms with van der Waals surface area (Å²) in [5.41, 5.74) is 0.190. The number of aromatic carboxylic acids is 1. The van der Waals surface area contributed by atoms with Crippen molar-refractivity contribution in [2.24, 2.45) is 0 Å². The maximum absolute atomic E-state index is 13.9. The van der Waals surface area contributed by atoms with Gasteiger partial charge in [0.05, 0.1) is 11.3 Å². The normalized spacial score (nSPS) is 16.6. The van der Waals surface area contributed by atoms with E-state index in [1.54, 1.807) is 12.1 Å². The SMILES string of the molecule is CN(C(=O)c1ccc(C(=O)O)nc1)C1CCN(c2ccccc2F)C1=O. The van der Waals surface area contributed by atoms with Crippen LogP contribution in [0.15, 0.2) is 42.6 Å². The van der Waals surface area contributed by atoms with Gasteiger partial charge in [0, 0.05) is 19.8 Å². The van der Waals surface area contributed by atoms with Crippen LogP contribution in [0.2, 0.25) is 0 Å². The number of nitrogens with zero attached hydrogens (tertiary/aromatic N) is 3. The van der Waals surface area contributed by atoms with E-state index >= 15 is 0 Å². The molecule has 0 bridgehead atoms. The summed E-state index contributed by atoms with van der Waals surface area (Å²) in [4.78, 5) is 42.4. The number of para-hydroxylation sites is 1. The summed E-state index contributed by atoms with van der Waals surface area (Å²) in [5, 5.41) is 8.85. The molecule has 1 unspecified atom stereocenters. The van der Waals surface area contributed by atoms with Crippen molar-refractivity contribution >= 4 is 23.5 Å². The van der Waals surface area contributed by atoms with Crippen molar-refractivity contribution in [2.75, 3.05) is 18.5 Å². The zero-order valence-electron chi connectivity index (χ0n) is 13.9. The molecule has 2 aromatic rings. The minimum atomic E-state index is -1.19. The Labute approximate surface area is 148 Å². The molecule has 134 valence electrons. The van der Waals surface area contributed by atoms with Gasteiger partial charge in [-0.05, 0) is 30.7 Å². The van der Waals surface area contributed by atoms with Crippen LogP contribution in [0.5, 0.6) is 0 Å². The number of hydrogen-bond acceptors (Lipinski definition) is 4. The molecule has 26 heavy (non-hydrogen) atoms. The zero-order valence-corrected chi connectivity index (χ0v) is 13.9. The Morgan fingerprint density at radius 2 is 2.00 bits per heavy atom. The molecule has 2 heterocycles. The molecule has 0 aliphatic carbocycles. The van der Waals surface area contributed by atoms with Gasteiger partial charge in [0.2, 0.25) is 5.91 Å². The van der Waals surface area contributed by atoms with Gasteiger partial charge >= 0.3 is 5.97 Å². The molecule has 0 saturated carbocycles. The molecule has 1 aliphatic heterocycles. The molecule has 8 heteroatoms. The molecule has 1 atom stereocenters. The van der Waals surface area contributed by atoms with Crippen LogP contribution < -0.4 is 4.90 Å². The number of carbonyl (C=O) groups is 3. The second-order valence-corrected chi connectivity index (χ2v) is 5.90. The van der Waals surface area contributed by atoms with Crippen molar-refractivity contribution in [3.63, 3.8) is 0 Å². The van der Waals surface area contributed by atoms with Gasteiger partial charge in [-0.1, -0.05) is 12.1 Å². The molecular weight excluding hydrogens is 341 g/mol. The molecule has 1 fully saturated rings. The molecule has 1 N–H and O–H groups in total. The van der Waals surface area contributed by atoms with Crippen LogP contribution >= 0.6 is 0 Å². The minimum absolute atomic E-state index is 0.174. The molecule has 0 radical (unpaired) electrons. The molecule has 1 aromatic carbocycles. The van der Waals surface area contributed by atoms with Crippen molar-refractivity contribution in [3.8, 4) is 0 Å². The molecule has 1 saturated heterocycles. The number of carbonyl (C=O) groups excluding carboxylic acids is 2. The van der Waals surface area contributed by atoms with Gasteiger partial charge in [-0.3, -0.25) is 9.59 Å². The van der Waals surface area contributed by atoms with E-state index in [9.17, 15) is 18.8 Å². The Kier molecular flexibility index (Phi) is 4.66. The van der Waals surface area contributed by atoms with E-state index in [4.69, 9.17) is 5.11 Å². The number of pyridine rings is 1. The predicted molar refractivity (Wildman–Crippen MR) is 90.4 cm³/mol. The molecular formula is C18H16FN3O4. The lowest BCUT2D eigenvalue weighted by Crippen LogP contribution is -2.43. The maximum Gasteiger partial charge on any atom is 0.354 e. The van der Waals surface area contributed by atoms with Crippen LogP contribution in [0.4, 0.5) is 10.1 Å². The first-order valence-corrected chi connectivity index (χ1v) is 7.92. The van der Waals surface area contributed by atoms with Gasteiger partial charge in [0.1, 0.15) is 17.6 Å². The smallest absolute Gasteiger partial charge is 0.354 e. The highest BCUT2D eigenvalue weighted by molar-refractivity contribution is 6.04. The minimum Gasteiger partial charge on any atom is -0.477 e. The fraction of sp³-hybridized carbons (Fsp3) is 0.222. The molecule has 3 rings (SSSR count). The lowest BCUT2D eigenvalue weighted by atomic mass is 10.1. The number of benzene rings is 1. The number of aromatic nitrogens is 1. The van der Waals surface area contributed by atoms with Crippen LogP contribution in [0.3, 0.4) is 0 Å². The van der Waals surface area contributed by atoms with Crippen molar-refractivity contribution in [2.45, 2.75) is 12.5 Å². The third-order valence-corrected chi connectivity index (χ3v) is 4.34. The topological polar surface area (TPSA) is 90.8 Å². The number of amides is 2. The Hall–Kier alpha value is -3.29. The first-order valence-electron chi connectivity index (χ1n) is 7.92. The largest absolute Gasteiger partial charge is 0.477 e. The number of halogens is 1. The van der Waals surface area contributed by atoms with Gasteiger partial charge in [-0.2, -0.15) is 0 Å². The summed E-state index contributed by atoms with van der Waals surface area (Å²) in [7, 11) is 1.49. The van der Waals surface area contributed by atoms with E-state index in [1.807, 2.05) is 0 Å². The fourth-order valence-electron chi connectivity index (χ4n) is 2.93. The summed E-state index contributed by atoms with van der Waals surface area (Å²) in [6, 6.07) is 7.84. The Balaban J connectivity index is 1.77. The number of hydrogen-bond donors (Lipinski definition) is 1. The van der Waals surface area contributed by atoms with Gasteiger partial charge in [0.15, 0.2) is 0 Å². The van der Waals surface area contributed by atoms with Crippen LogP contribution in [0, 0.1) is 5.82 Å². The highest BCUT2D eigenvalue weighted by Gasteiger charge is 2.38. The van der Waals surface area contributed by atoms with Crippen molar-refractivity contribution in [1.29, 1.82) is 0 Å². The second-order valence-electron chi connectivity index (χ2n) is 5.90. The average Bonchev–Trinajstić information content (AvgIpc) is 3.02. The molecule has 1 aliphatic rings. The van der Waals surface area contributed by atoms with Crippen molar-refractivity contribution in [3.05, 3.63) is 59.7 Å². The average molecular weight is 357 g/mol. The van der Waals surface area contributed by atoms with Crippen molar-refractivity contribution < 1.29 is 23.9 Å². The summed E-state index contributed by atoms with van der Waals surface area (Å²) >= 11 is 0. The monoisotopic (exact) mass is 357 g/mol. The standard InChI is InChI=1S/C18H16FN3O4/c1-21(16(23)11-6-7-13(18(25)26)20-10-11)15-8-9-22(17(15)24)14-5-3-2-4-12(14)19/h2-7,10,15H,8-9H2,1H3,(H,25,26). The molecule has 1 aromatic heterocycles. The van der Waals surface area contributed by atoms with Crippen LogP contribution in [-0.4, -0.2) is 52.4 Å². The summed E-state index contributed by atoms with van der Waals surface area (Å²) < 4.78 is 13.9. The van der Waals surface area contributed by atoms with Crippen LogP contribution in [0.1, 0.15) is 27.3 Å². The number of likely N-dealkylation sites (N-methyl/N-ethyl adjacent to an activating group) is 1. The summed E-state index contributed by atoms with van der Waals surface area (Å²) in [6.07, 6.45) is 1.53. The first kappa shape index (κ1) is 17.5. The predicted octanol–water partition coefficient (Wildman–Crippen LogP) is 1.80. The number of rotatable bonds is 4. The maximum atomic E-state index is 13.9. The third kappa shape index (κ3) is 3.13. The Bertz CT molecular complexity index is 869. The van der Waals surface area contributed by atoms with Gasteiger partial charge in [-0.15, -0.1) is 0 Å². The first-order chi connectivity index (χ1) is 12.4. The van der Waals surface area contributed by atoms with Crippen molar-refractivity contribution in [1.82, 2.24) is 9.88 Å². The second kappa shape index (κ2) is 6.91. The fourth-order valence-corrected chi connectivity index (χ4v) is 2.93. The van der Waals surface area contributed by atoms with E-state index in [-0.39, 0.29) is 22.9 Å². The van der Waals surface area contributed by atoms with E-state index < -0.39 is 23.7 Å². The number of anilines is 1. The quantitative estimate of drug-likeness (QED) is 0.901. The Morgan fingerprint density at radius 1 is 1.27 bits per heavy atom. The lowest BCUT2D eigenvalue weighted by molar-refractivity contribution is -0.120. The molecule has 7 nitrogen and oxygen atoms in total. The molecule has 2 amide bonds. The third-order valence-electron chi connectivity index (χ3n) is 4.34. The van der Waals surface area contributed by atoms with E-state index in [0.717, 1.165) is 6.20 Å². The Morgan fingerprint density at radius 3 is 2.62 bits per heavy atom. The van der Waals surface area contributed by atoms with E-state index in [1.165, 1.54) is 41.1 Å². The summed E-state index contributed by atoms with van der Waals surface area (Å²) in [6.45, 7) is 0.304. The number of carboxylic acids is 1.